The number of amides is 1. The van der Waals surface area contributed by atoms with Crippen molar-refractivity contribution in [3.05, 3.63) is 46.5 Å². The molecule has 4 rings (SSSR count). The third kappa shape index (κ3) is 6.91. The third-order valence-corrected chi connectivity index (χ3v) is 5.70. The standard InChI is InChI=1S/C19H24ClN5O.C2HF3O2/c20-16-7-4-6-15(12-16)19(26)24-10-5-11-25-17(21-22-18(25)14-24)13-23-8-2-1-3-9-23;3-2(4,5)1(6)7/h4,6-7,12H,1-3,5,8-11,13-14H2;(H,6,7). The van der Waals surface area contributed by atoms with Gasteiger partial charge >= 0.3 is 12.1 Å². The highest BCUT2D eigenvalue weighted by Gasteiger charge is 2.38. The van der Waals surface area contributed by atoms with E-state index in [2.05, 4.69) is 19.7 Å². The number of likely N-dealkylation sites (tertiary alicyclic amines) is 1. The smallest absolute Gasteiger partial charge is 0.475 e. The van der Waals surface area contributed by atoms with Crippen molar-refractivity contribution in [2.75, 3.05) is 19.6 Å². The van der Waals surface area contributed by atoms with Gasteiger partial charge in [-0.1, -0.05) is 24.1 Å². The van der Waals surface area contributed by atoms with Gasteiger partial charge in [-0.15, -0.1) is 10.2 Å². The van der Waals surface area contributed by atoms with Crippen LogP contribution >= 0.6 is 11.6 Å². The molecular formula is C21H25ClF3N5O3. The van der Waals surface area contributed by atoms with Crippen LogP contribution < -0.4 is 0 Å². The number of fused-ring (bicyclic) bond motifs is 1. The van der Waals surface area contributed by atoms with Gasteiger partial charge in [0.1, 0.15) is 5.82 Å². The molecule has 2 aromatic rings. The minimum absolute atomic E-state index is 0.00142. The van der Waals surface area contributed by atoms with Crippen molar-refractivity contribution in [2.24, 2.45) is 0 Å². The molecule has 3 heterocycles. The lowest BCUT2D eigenvalue weighted by Crippen LogP contribution is -2.31. The van der Waals surface area contributed by atoms with Gasteiger partial charge in [-0.25, -0.2) is 4.79 Å². The molecule has 8 nitrogen and oxygen atoms in total. The molecular weight excluding hydrogens is 463 g/mol. The number of carbonyl (C=O) groups excluding carboxylic acids is 1. The Morgan fingerprint density at radius 3 is 2.36 bits per heavy atom. The molecule has 0 saturated carbocycles. The first-order chi connectivity index (χ1) is 15.6. The number of carboxylic acid groups (broad SMARTS) is 1. The summed E-state index contributed by atoms with van der Waals surface area (Å²) in [5, 5.41) is 16.5. The van der Waals surface area contributed by atoms with Crippen molar-refractivity contribution in [1.29, 1.82) is 0 Å². The topological polar surface area (TPSA) is 91.6 Å². The molecule has 1 N–H and O–H groups in total. The number of hydrogen-bond donors (Lipinski definition) is 1. The number of alkyl halides is 3. The molecule has 1 saturated heterocycles. The SMILES string of the molecule is O=C(O)C(F)(F)F.O=C(c1cccc(Cl)c1)N1CCCn2c(CN3CCCCC3)nnc2C1. The first kappa shape index (κ1) is 25.0. The van der Waals surface area contributed by atoms with E-state index in [1.54, 1.807) is 12.1 Å². The van der Waals surface area contributed by atoms with E-state index in [0.29, 0.717) is 17.1 Å². The van der Waals surface area contributed by atoms with Crippen molar-refractivity contribution in [3.8, 4) is 0 Å². The van der Waals surface area contributed by atoms with E-state index < -0.39 is 12.1 Å². The lowest BCUT2D eigenvalue weighted by molar-refractivity contribution is -0.192. The summed E-state index contributed by atoms with van der Waals surface area (Å²) in [4.78, 5) is 26.0. The molecule has 0 spiro atoms. The number of rotatable bonds is 3. The number of halogens is 4. The molecule has 12 heteroatoms. The molecule has 0 unspecified atom stereocenters. The van der Waals surface area contributed by atoms with Crippen molar-refractivity contribution in [2.45, 2.75) is 51.5 Å². The van der Waals surface area contributed by atoms with Crippen LogP contribution in [0.3, 0.4) is 0 Å². The van der Waals surface area contributed by atoms with Gasteiger partial charge in [0.15, 0.2) is 5.82 Å². The van der Waals surface area contributed by atoms with E-state index in [0.717, 1.165) is 50.8 Å². The Balaban J connectivity index is 0.000000383. The second kappa shape index (κ2) is 11.0. The van der Waals surface area contributed by atoms with E-state index in [1.807, 2.05) is 17.0 Å². The Labute approximate surface area is 193 Å². The molecule has 0 atom stereocenters. The lowest BCUT2D eigenvalue weighted by atomic mass is 10.1. The fourth-order valence-electron chi connectivity index (χ4n) is 3.83. The zero-order valence-corrected chi connectivity index (χ0v) is 18.6. The summed E-state index contributed by atoms with van der Waals surface area (Å²) in [6.07, 6.45) is -0.314. The summed E-state index contributed by atoms with van der Waals surface area (Å²) in [7, 11) is 0. The molecule has 180 valence electrons. The molecule has 2 aliphatic heterocycles. The van der Waals surface area contributed by atoms with Crippen molar-refractivity contribution < 1.29 is 27.9 Å². The zero-order valence-electron chi connectivity index (χ0n) is 17.9. The molecule has 1 aromatic carbocycles. The van der Waals surface area contributed by atoms with Gasteiger partial charge in [0.2, 0.25) is 0 Å². The van der Waals surface area contributed by atoms with E-state index in [9.17, 15) is 18.0 Å². The fourth-order valence-corrected chi connectivity index (χ4v) is 4.02. The minimum atomic E-state index is -5.08. The van der Waals surface area contributed by atoms with Crippen LogP contribution in [-0.2, 0) is 24.4 Å². The maximum Gasteiger partial charge on any atom is 0.490 e. The van der Waals surface area contributed by atoms with Gasteiger partial charge in [0.05, 0.1) is 13.1 Å². The number of piperidine rings is 1. The van der Waals surface area contributed by atoms with Gasteiger partial charge in [-0.05, 0) is 50.6 Å². The maximum atomic E-state index is 12.8. The van der Waals surface area contributed by atoms with Crippen LogP contribution in [0, 0.1) is 0 Å². The van der Waals surface area contributed by atoms with Crippen LogP contribution in [-0.4, -0.2) is 67.4 Å². The maximum absolute atomic E-state index is 12.8. The molecule has 2 aliphatic rings. The van der Waals surface area contributed by atoms with Crippen LogP contribution in [0.25, 0.3) is 0 Å². The van der Waals surface area contributed by atoms with E-state index >= 15 is 0 Å². The number of carbonyl (C=O) groups is 2. The van der Waals surface area contributed by atoms with Crippen molar-refractivity contribution in [1.82, 2.24) is 24.6 Å². The van der Waals surface area contributed by atoms with Crippen LogP contribution in [0.15, 0.2) is 24.3 Å². The average molecular weight is 488 g/mol. The first-order valence-electron chi connectivity index (χ1n) is 10.6. The van der Waals surface area contributed by atoms with Crippen LogP contribution in [0.2, 0.25) is 5.02 Å². The summed E-state index contributed by atoms with van der Waals surface area (Å²) in [5.74, 6) is -0.849. The van der Waals surface area contributed by atoms with Crippen molar-refractivity contribution in [3.63, 3.8) is 0 Å². The third-order valence-electron chi connectivity index (χ3n) is 5.46. The van der Waals surface area contributed by atoms with Crippen LogP contribution in [0.4, 0.5) is 13.2 Å². The highest BCUT2D eigenvalue weighted by Crippen LogP contribution is 2.19. The number of carboxylic acids is 1. The predicted molar refractivity (Wildman–Crippen MR) is 114 cm³/mol. The molecule has 0 radical (unpaired) electrons. The number of benzene rings is 1. The molecule has 1 amide bonds. The molecule has 0 aliphatic carbocycles. The quantitative estimate of drug-likeness (QED) is 0.711. The van der Waals surface area contributed by atoms with Crippen LogP contribution in [0.5, 0.6) is 0 Å². The van der Waals surface area contributed by atoms with Gasteiger partial charge in [0, 0.05) is 23.7 Å². The molecule has 1 aromatic heterocycles. The summed E-state index contributed by atoms with van der Waals surface area (Å²) >= 11 is 6.04. The Bertz CT molecular complexity index is 976. The fraction of sp³-hybridized carbons (Fsp3) is 0.524. The first-order valence-corrected chi connectivity index (χ1v) is 11.0. The van der Waals surface area contributed by atoms with Gasteiger partial charge in [-0.2, -0.15) is 13.2 Å². The summed E-state index contributed by atoms with van der Waals surface area (Å²) in [5.41, 5.74) is 0.624. The second-order valence-electron chi connectivity index (χ2n) is 7.91. The van der Waals surface area contributed by atoms with Gasteiger partial charge < -0.3 is 14.6 Å². The van der Waals surface area contributed by atoms with Crippen LogP contribution in [0.1, 0.15) is 47.7 Å². The average Bonchev–Trinajstić information content (AvgIpc) is 3.01. The summed E-state index contributed by atoms with van der Waals surface area (Å²) in [6.45, 7) is 5.22. The summed E-state index contributed by atoms with van der Waals surface area (Å²) < 4.78 is 33.9. The Kier molecular flexibility index (Phi) is 8.30. The number of aliphatic carboxylic acids is 1. The van der Waals surface area contributed by atoms with Gasteiger partial charge in [-0.3, -0.25) is 9.69 Å². The highest BCUT2D eigenvalue weighted by atomic mass is 35.5. The minimum Gasteiger partial charge on any atom is -0.475 e. The molecule has 0 bridgehead atoms. The highest BCUT2D eigenvalue weighted by molar-refractivity contribution is 6.30. The van der Waals surface area contributed by atoms with E-state index in [-0.39, 0.29) is 5.91 Å². The Morgan fingerprint density at radius 1 is 1.03 bits per heavy atom. The van der Waals surface area contributed by atoms with Crippen molar-refractivity contribution >= 4 is 23.5 Å². The Hall–Kier alpha value is -2.66. The molecule has 33 heavy (non-hydrogen) atoms. The Morgan fingerprint density at radius 2 is 1.73 bits per heavy atom. The largest absolute Gasteiger partial charge is 0.490 e. The number of aromatic nitrogens is 3. The number of nitrogens with zero attached hydrogens (tertiary/aromatic N) is 5. The molecule has 1 fully saturated rings. The van der Waals surface area contributed by atoms with E-state index in [1.165, 1.54) is 19.3 Å². The second-order valence-corrected chi connectivity index (χ2v) is 8.35. The predicted octanol–water partition coefficient (Wildman–Crippen LogP) is 3.60. The van der Waals surface area contributed by atoms with Gasteiger partial charge in [0.25, 0.3) is 5.91 Å². The number of hydrogen-bond acceptors (Lipinski definition) is 5. The van der Waals surface area contributed by atoms with E-state index in [4.69, 9.17) is 21.5 Å². The monoisotopic (exact) mass is 487 g/mol. The summed E-state index contributed by atoms with van der Waals surface area (Å²) in [6, 6.07) is 7.13. The normalized spacial score (nSPS) is 16.9. The zero-order chi connectivity index (χ0) is 24.0. The lowest BCUT2D eigenvalue weighted by Gasteiger charge is -2.25.